The molecule has 38 heavy (non-hydrogen) atoms. The number of aliphatic carboxylic acids is 1. The molecule has 0 aliphatic carbocycles. The first kappa shape index (κ1) is 26.2. The molecule has 200 valence electrons. The Morgan fingerprint density at radius 2 is 1.97 bits per heavy atom. The van der Waals surface area contributed by atoms with Crippen LogP contribution in [0.3, 0.4) is 0 Å². The summed E-state index contributed by atoms with van der Waals surface area (Å²) >= 11 is 0. The van der Waals surface area contributed by atoms with Crippen LogP contribution in [0, 0.1) is 11.7 Å². The Bertz CT molecular complexity index is 1310. The fourth-order valence-electron chi connectivity index (χ4n) is 5.52. The zero-order valence-corrected chi connectivity index (χ0v) is 22.1. The molecular formula is C31H35FN2O4. The predicted molar refractivity (Wildman–Crippen MR) is 144 cm³/mol. The lowest BCUT2D eigenvalue weighted by Crippen LogP contribution is -2.29. The minimum atomic E-state index is -0.800. The number of carbonyl (C=O) groups is 1. The van der Waals surface area contributed by atoms with Crippen molar-refractivity contribution in [2.24, 2.45) is 5.92 Å². The molecule has 0 radical (unpaired) electrons. The van der Waals surface area contributed by atoms with Crippen LogP contribution in [0.1, 0.15) is 61.0 Å². The number of rotatable bonds is 8. The lowest BCUT2D eigenvalue weighted by Gasteiger charge is -2.30. The van der Waals surface area contributed by atoms with Crippen LogP contribution in [0.15, 0.2) is 48.7 Å². The van der Waals surface area contributed by atoms with Gasteiger partial charge in [0, 0.05) is 18.2 Å². The number of carboxylic acid groups (broad SMARTS) is 1. The van der Waals surface area contributed by atoms with Crippen LogP contribution in [0.2, 0.25) is 0 Å². The van der Waals surface area contributed by atoms with E-state index in [2.05, 4.69) is 22.0 Å². The largest absolute Gasteiger partial charge is 0.485 e. The molecule has 2 aliphatic heterocycles. The van der Waals surface area contributed by atoms with Crippen molar-refractivity contribution in [2.75, 3.05) is 20.2 Å². The number of aryl methyl sites for hydroxylation is 1. The van der Waals surface area contributed by atoms with Crippen molar-refractivity contribution >= 4 is 5.97 Å². The van der Waals surface area contributed by atoms with Gasteiger partial charge in [-0.1, -0.05) is 43.7 Å². The van der Waals surface area contributed by atoms with Gasteiger partial charge in [-0.3, -0.25) is 9.69 Å². The van der Waals surface area contributed by atoms with Crippen LogP contribution in [0.4, 0.5) is 4.39 Å². The number of nitrogens with zero attached hydrogens (tertiary/aromatic N) is 2. The maximum Gasteiger partial charge on any atom is 0.306 e. The highest BCUT2D eigenvalue weighted by Crippen LogP contribution is 2.38. The van der Waals surface area contributed by atoms with E-state index in [0.717, 1.165) is 66.0 Å². The van der Waals surface area contributed by atoms with E-state index >= 15 is 0 Å². The molecule has 0 bridgehead atoms. The minimum Gasteiger partial charge on any atom is -0.485 e. The minimum absolute atomic E-state index is 0.124. The van der Waals surface area contributed by atoms with E-state index in [1.165, 1.54) is 32.6 Å². The second kappa shape index (κ2) is 11.5. The lowest BCUT2D eigenvalue weighted by molar-refractivity contribution is -0.141. The van der Waals surface area contributed by atoms with Gasteiger partial charge in [-0.25, -0.2) is 9.37 Å². The third-order valence-electron chi connectivity index (χ3n) is 7.71. The molecule has 2 unspecified atom stereocenters. The van der Waals surface area contributed by atoms with Crippen LogP contribution >= 0.6 is 0 Å². The van der Waals surface area contributed by atoms with Crippen LogP contribution in [0.25, 0.3) is 11.1 Å². The molecule has 1 saturated heterocycles. The summed E-state index contributed by atoms with van der Waals surface area (Å²) in [6, 6.07) is 13.9. The normalized spacial score (nSPS) is 18.3. The van der Waals surface area contributed by atoms with Gasteiger partial charge in [0.25, 0.3) is 0 Å². The number of hydrogen-bond donors (Lipinski definition) is 1. The van der Waals surface area contributed by atoms with Gasteiger partial charge in [-0.2, -0.15) is 0 Å². The van der Waals surface area contributed by atoms with Gasteiger partial charge in [0.1, 0.15) is 17.7 Å². The number of likely N-dealkylation sites (tertiary alicyclic amines) is 1. The molecule has 6 nitrogen and oxygen atoms in total. The smallest absolute Gasteiger partial charge is 0.306 e. The number of piperidine rings is 1. The monoisotopic (exact) mass is 518 g/mol. The van der Waals surface area contributed by atoms with Crippen LogP contribution in [0.5, 0.6) is 11.6 Å². The molecule has 0 amide bonds. The summed E-state index contributed by atoms with van der Waals surface area (Å²) in [7, 11) is 1.54. The summed E-state index contributed by atoms with van der Waals surface area (Å²) in [6.07, 6.45) is 6.90. The topological polar surface area (TPSA) is 71.9 Å². The van der Waals surface area contributed by atoms with Crippen molar-refractivity contribution in [2.45, 2.75) is 58.1 Å². The molecule has 0 saturated carbocycles. The summed E-state index contributed by atoms with van der Waals surface area (Å²) in [5, 5.41) is 9.30. The Kier molecular flexibility index (Phi) is 7.93. The van der Waals surface area contributed by atoms with E-state index in [1.807, 2.05) is 24.3 Å². The molecule has 2 aromatic carbocycles. The first-order valence-corrected chi connectivity index (χ1v) is 13.5. The second-order valence-electron chi connectivity index (χ2n) is 10.5. The predicted octanol–water partition coefficient (Wildman–Crippen LogP) is 6.21. The number of halogens is 1. The van der Waals surface area contributed by atoms with Crippen LogP contribution in [-0.4, -0.2) is 41.2 Å². The highest BCUT2D eigenvalue weighted by Gasteiger charge is 2.25. The van der Waals surface area contributed by atoms with Crippen LogP contribution < -0.4 is 9.47 Å². The van der Waals surface area contributed by atoms with Gasteiger partial charge >= 0.3 is 5.97 Å². The van der Waals surface area contributed by atoms with Crippen molar-refractivity contribution in [1.29, 1.82) is 0 Å². The fourth-order valence-corrected chi connectivity index (χ4v) is 5.52. The van der Waals surface area contributed by atoms with E-state index < -0.39 is 11.9 Å². The Balaban J connectivity index is 1.45. The molecule has 2 atom stereocenters. The van der Waals surface area contributed by atoms with Gasteiger partial charge in [0.2, 0.25) is 5.88 Å². The van der Waals surface area contributed by atoms with Gasteiger partial charge in [0.05, 0.1) is 19.2 Å². The van der Waals surface area contributed by atoms with E-state index in [1.54, 1.807) is 13.0 Å². The number of benzene rings is 2. The quantitative estimate of drug-likeness (QED) is 0.382. The van der Waals surface area contributed by atoms with Gasteiger partial charge in [-0.15, -0.1) is 0 Å². The Morgan fingerprint density at radius 3 is 2.74 bits per heavy atom. The fraction of sp³-hybridized carbons (Fsp3) is 0.419. The average molecular weight is 519 g/mol. The van der Waals surface area contributed by atoms with Gasteiger partial charge in [0.15, 0.2) is 0 Å². The maximum absolute atomic E-state index is 15.0. The summed E-state index contributed by atoms with van der Waals surface area (Å²) in [5.74, 6) is -0.419. The SMILES string of the molecule is COc1cc(-c2ccc(C3CCc4ccc(CC(C)C(=O)O)cc4O3)cc2CN2CCCCC2)c(F)cn1. The Morgan fingerprint density at radius 1 is 1.16 bits per heavy atom. The molecular weight excluding hydrogens is 483 g/mol. The first-order chi connectivity index (χ1) is 18.4. The Labute approximate surface area is 223 Å². The zero-order valence-electron chi connectivity index (χ0n) is 22.1. The number of pyridine rings is 1. The van der Waals surface area contributed by atoms with Gasteiger partial charge < -0.3 is 14.6 Å². The maximum atomic E-state index is 15.0. The highest BCUT2D eigenvalue weighted by atomic mass is 19.1. The summed E-state index contributed by atoms with van der Waals surface area (Å²) in [4.78, 5) is 17.8. The number of methoxy groups -OCH3 is 1. The molecule has 2 aliphatic rings. The summed E-state index contributed by atoms with van der Waals surface area (Å²) in [5.41, 5.74) is 5.57. The Hall–Kier alpha value is -3.45. The molecule has 1 N–H and O–H groups in total. The third kappa shape index (κ3) is 5.83. The number of fused-ring (bicyclic) bond motifs is 1. The molecule has 7 heteroatoms. The average Bonchev–Trinajstić information content (AvgIpc) is 2.93. The summed E-state index contributed by atoms with van der Waals surface area (Å²) < 4.78 is 26.7. The van der Waals surface area contributed by atoms with Crippen molar-refractivity contribution < 1.29 is 23.8 Å². The first-order valence-electron chi connectivity index (χ1n) is 13.5. The number of aromatic nitrogens is 1. The van der Waals surface area contributed by atoms with Crippen molar-refractivity contribution in [3.63, 3.8) is 0 Å². The number of carboxylic acids is 1. The van der Waals surface area contributed by atoms with E-state index in [4.69, 9.17) is 9.47 Å². The molecule has 3 aromatic rings. The van der Waals surface area contributed by atoms with Gasteiger partial charge in [-0.05, 0) is 79.1 Å². The van der Waals surface area contributed by atoms with E-state index in [-0.39, 0.29) is 11.9 Å². The van der Waals surface area contributed by atoms with E-state index in [0.29, 0.717) is 17.9 Å². The molecule has 1 aromatic heterocycles. The van der Waals surface area contributed by atoms with Crippen molar-refractivity contribution in [3.8, 4) is 22.8 Å². The van der Waals surface area contributed by atoms with Crippen molar-refractivity contribution in [1.82, 2.24) is 9.88 Å². The van der Waals surface area contributed by atoms with Crippen LogP contribution in [-0.2, 0) is 24.2 Å². The zero-order chi connectivity index (χ0) is 26.6. The molecule has 0 spiro atoms. The molecule has 5 rings (SSSR count). The second-order valence-corrected chi connectivity index (χ2v) is 10.5. The molecule has 1 fully saturated rings. The highest BCUT2D eigenvalue weighted by molar-refractivity contribution is 5.70. The number of hydrogen-bond acceptors (Lipinski definition) is 5. The number of ether oxygens (including phenoxy) is 2. The molecule has 3 heterocycles. The lowest BCUT2D eigenvalue weighted by atomic mass is 9.91. The third-order valence-corrected chi connectivity index (χ3v) is 7.71. The van der Waals surface area contributed by atoms with Crippen molar-refractivity contribution in [3.05, 3.63) is 76.7 Å². The standard InChI is InChI=1S/C31H35FN2O4/c1-20(31(35)36)14-21-6-7-22-9-11-28(38-29(22)15-21)23-8-10-25(26-17-30(37-2)33-18-27(26)32)24(16-23)19-34-12-4-3-5-13-34/h6-8,10,15-18,20,28H,3-5,9,11-14,19H2,1-2H3,(H,35,36). The van der Waals surface area contributed by atoms with E-state index in [9.17, 15) is 14.3 Å². The summed E-state index contributed by atoms with van der Waals surface area (Å²) in [6.45, 7) is 4.54.